The Morgan fingerprint density at radius 3 is 2.79 bits per heavy atom. The normalized spacial score (nSPS) is 17.7. The SMILES string of the molecule is Cc1nnc(SCC(=O)NC2(C#N)CCCCC2)s1. The molecule has 0 spiro atoms. The predicted molar refractivity (Wildman–Crippen MR) is 74.9 cm³/mol. The molecular weight excluding hydrogens is 280 g/mol. The number of hydrogen-bond acceptors (Lipinski definition) is 6. The fourth-order valence-electron chi connectivity index (χ4n) is 2.19. The van der Waals surface area contributed by atoms with E-state index in [0.29, 0.717) is 0 Å². The Morgan fingerprint density at radius 2 is 2.21 bits per heavy atom. The van der Waals surface area contributed by atoms with Crippen molar-refractivity contribution in [2.24, 2.45) is 0 Å². The summed E-state index contributed by atoms with van der Waals surface area (Å²) in [6.07, 6.45) is 4.70. The maximum atomic E-state index is 11.9. The first-order valence-electron chi connectivity index (χ1n) is 6.29. The van der Waals surface area contributed by atoms with Crippen molar-refractivity contribution in [3.05, 3.63) is 5.01 Å². The Hall–Kier alpha value is -1.13. The van der Waals surface area contributed by atoms with Gasteiger partial charge in [0.25, 0.3) is 0 Å². The highest BCUT2D eigenvalue weighted by atomic mass is 32.2. The van der Waals surface area contributed by atoms with Crippen LogP contribution in [0.25, 0.3) is 0 Å². The molecule has 5 nitrogen and oxygen atoms in total. The molecule has 0 saturated heterocycles. The van der Waals surface area contributed by atoms with Crippen LogP contribution in [-0.2, 0) is 4.79 Å². The molecule has 0 aliphatic heterocycles. The molecule has 0 atom stereocenters. The number of aromatic nitrogens is 2. The van der Waals surface area contributed by atoms with Gasteiger partial charge in [0.05, 0.1) is 11.8 Å². The summed E-state index contributed by atoms with van der Waals surface area (Å²) in [6.45, 7) is 1.88. The predicted octanol–water partition coefficient (Wildman–Crippen LogP) is 2.28. The summed E-state index contributed by atoms with van der Waals surface area (Å²) in [6, 6.07) is 2.28. The summed E-state index contributed by atoms with van der Waals surface area (Å²) in [5.41, 5.74) is -0.646. The molecular formula is C12H16N4OS2. The smallest absolute Gasteiger partial charge is 0.231 e. The van der Waals surface area contributed by atoms with Crippen molar-refractivity contribution in [3.8, 4) is 6.07 Å². The van der Waals surface area contributed by atoms with Gasteiger partial charge >= 0.3 is 0 Å². The highest BCUT2D eigenvalue weighted by Crippen LogP contribution is 2.28. The van der Waals surface area contributed by atoms with Crippen LogP contribution in [0.4, 0.5) is 0 Å². The van der Waals surface area contributed by atoms with E-state index < -0.39 is 5.54 Å². The number of carbonyl (C=O) groups is 1. The molecule has 19 heavy (non-hydrogen) atoms. The molecule has 1 saturated carbocycles. The van der Waals surface area contributed by atoms with Crippen molar-refractivity contribution in [2.75, 3.05) is 5.75 Å². The fourth-order valence-corrected chi connectivity index (χ4v) is 3.80. The zero-order valence-electron chi connectivity index (χ0n) is 10.8. The van der Waals surface area contributed by atoms with Crippen molar-refractivity contribution in [2.45, 2.75) is 48.9 Å². The zero-order chi connectivity index (χ0) is 13.7. The van der Waals surface area contributed by atoms with Gasteiger partial charge < -0.3 is 5.32 Å². The molecule has 1 N–H and O–H groups in total. The molecule has 1 aliphatic rings. The number of nitrogens with one attached hydrogen (secondary N) is 1. The lowest BCUT2D eigenvalue weighted by atomic mass is 9.83. The van der Waals surface area contributed by atoms with Gasteiger partial charge in [0.2, 0.25) is 5.91 Å². The number of nitriles is 1. The zero-order valence-corrected chi connectivity index (χ0v) is 12.4. The lowest BCUT2D eigenvalue weighted by Gasteiger charge is -2.31. The quantitative estimate of drug-likeness (QED) is 0.862. The lowest BCUT2D eigenvalue weighted by Crippen LogP contribution is -2.49. The minimum absolute atomic E-state index is 0.0960. The molecule has 1 fully saturated rings. The van der Waals surface area contributed by atoms with E-state index in [1.54, 1.807) is 0 Å². The van der Waals surface area contributed by atoms with Gasteiger partial charge in [-0.1, -0.05) is 42.4 Å². The molecule has 1 aromatic rings. The maximum absolute atomic E-state index is 11.9. The Balaban J connectivity index is 1.85. The second-order valence-corrected chi connectivity index (χ2v) is 7.08. The van der Waals surface area contributed by atoms with Crippen LogP contribution in [0.3, 0.4) is 0 Å². The standard InChI is InChI=1S/C12H16N4OS2/c1-9-15-16-11(19-9)18-7-10(17)14-12(8-13)5-3-2-4-6-12/h2-7H2,1H3,(H,14,17). The minimum Gasteiger partial charge on any atom is -0.337 e. The van der Waals surface area contributed by atoms with Gasteiger partial charge in [-0.2, -0.15) is 5.26 Å². The van der Waals surface area contributed by atoms with Gasteiger partial charge in [-0.05, 0) is 19.8 Å². The molecule has 7 heteroatoms. The van der Waals surface area contributed by atoms with Gasteiger partial charge in [-0.15, -0.1) is 10.2 Å². The summed E-state index contributed by atoms with van der Waals surface area (Å²) < 4.78 is 0.794. The number of rotatable bonds is 4. The molecule has 2 rings (SSSR count). The summed E-state index contributed by atoms with van der Waals surface area (Å²) in [5.74, 6) is 0.194. The topological polar surface area (TPSA) is 78.7 Å². The van der Waals surface area contributed by atoms with Gasteiger partial charge in [0, 0.05) is 0 Å². The van der Waals surface area contributed by atoms with Crippen LogP contribution in [0, 0.1) is 18.3 Å². The average molecular weight is 296 g/mol. The van der Waals surface area contributed by atoms with Crippen LogP contribution >= 0.6 is 23.1 Å². The van der Waals surface area contributed by atoms with Gasteiger partial charge in [0.15, 0.2) is 4.34 Å². The van der Waals surface area contributed by atoms with Gasteiger partial charge in [0.1, 0.15) is 10.5 Å². The summed E-state index contributed by atoms with van der Waals surface area (Å²) in [7, 11) is 0. The largest absolute Gasteiger partial charge is 0.337 e. The summed E-state index contributed by atoms with van der Waals surface area (Å²) in [5, 5.41) is 20.9. The summed E-state index contributed by atoms with van der Waals surface area (Å²) in [4.78, 5) is 11.9. The Morgan fingerprint density at radius 1 is 1.47 bits per heavy atom. The van der Waals surface area contributed by atoms with E-state index in [9.17, 15) is 10.1 Å². The molecule has 1 heterocycles. The molecule has 0 aromatic carbocycles. The number of aryl methyl sites for hydroxylation is 1. The molecule has 102 valence electrons. The van der Waals surface area contributed by atoms with E-state index in [0.717, 1.165) is 41.5 Å². The Kier molecular flexibility index (Phi) is 4.77. The fraction of sp³-hybridized carbons (Fsp3) is 0.667. The van der Waals surface area contributed by atoms with Crippen molar-refractivity contribution in [3.63, 3.8) is 0 Å². The first-order chi connectivity index (χ1) is 9.13. The third-order valence-corrected chi connectivity index (χ3v) is 5.11. The van der Waals surface area contributed by atoms with E-state index in [4.69, 9.17) is 0 Å². The monoisotopic (exact) mass is 296 g/mol. The van der Waals surface area contributed by atoms with E-state index in [1.165, 1.54) is 23.1 Å². The van der Waals surface area contributed by atoms with Crippen LogP contribution in [0.1, 0.15) is 37.1 Å². The molecule has 1 amide bonds. The van der Waals surface area contributed by atoms with Crippen molar-refractivity contribution < 1.29 is 4.79 Å². The average Bonchev–Trinajstić information content (AvgIpc) is 2.83. The molecule has 0 bridgehead atoms. The van der Waals surface area contributed by atoms with Crippen molar-refractivity contribution >= 4 is 29.0 Å². The maximum Gasteiger partial charge on any atom is 0.231 e. The first-order valence-corrected chi connectivity index (χ1v) is 8.09. The molecule has 0 radical (unpaired) electrons. The number of carbonyl (C=O) groups excluding carboxylic acids is 1. The summed E-state index contributed by atoms with van der Waals surface area (Å²) >= 11 is 2.85. The van der Waals surface area contributed by atoms with Crippen LogP contribution in [0.15, 0.2) is 4.34 Å². The number of hydrogen-bond donors (Lipinski definition) is 1. The van der Waals surface area contributed by atoms with E-state index in [-0.39, 0.29) is 11.7 Å². The van der Waals surface area contributed by atoms with E-state index in [2.05, 4.69) is 21.6 Å². The van der Waals surface area contributed by atoms with Crippen molar-refractivity contribution in [1.29, 1.82) is 5.26 Å². The van der Waals surface area contributed by atoms with Crippen molar-refractivity contribution in [1.82, 2.24) is 15.5 Å². The van der Waals surface area contributed by atoms with Crippen LogP contribution in [0.2, 0.25) is 0 Å². The highest BCUT2D eigenvalue weighted by Gasteiger charge is 2.33. The van der Waals surface area contributed by atoms with Gasteiger partial charge in [-0.3, -0.25) is 4.79 Å². The van der Waals surface area contributed by atoms with E-state index >= 15 is 0 Å². The second-order valence-electron chi connectivity index (χ2n) is 4.68. The van der Waals surface area contributed by atoms with Gasteiger partial charge in [-0.25, -0.2) is 0 Å². The molecule has 1 aliphatic carbocycles. The van der Waals surface area contributed by atoms with Crippen LogP contribution in [-0.4, -0.2) is 27.4 Å². The third-order valence-electron chi connectivity index (χ3n) is 3.13. The number of nitrogens with zero attached hydrogens (tertiary/aromatic N) is 3. The Bertz CT molecular complexity index is 488. The number of amides is 1. The van der Waals surface area contributed by atoms with Crippen LogP contribution in [0.5, 0.6) is 0 Å². The second kappa shape index (κ2) is 6.35. The van der Waals surface area contributed by atoms with Crippen LogP contribution < -0.4 is 5.32 Å². The third kappa shape index (κ3) is 3.91. The first kappa shape index (κ1) is 14.3. The lowest BCUT2D eigenvalue weighted by molar-refractivity contribution is -0.120. The molecule has 0 unspecified atom stereocenters. The van der Waals surface area contributed by atoms with E-state index in [1.807, 2.05) is 6.92 Å². The number of thioether (sulfide) groups is 1. The molecule has 1 aromatic heterocycles. The minimum atomic E-state index is -0.646. The highest BCUT2D eigenvalue weighted by molar-refractivity contribution is 8.01. The Labute approximate surface area is 120 Å².